The fraction of sp³-hybridized carbons (Fsp3) is 0.481. The Morgan fingerprint density at radius 3 is 2.50 bits per heavy atom. The number of anilines is 3. The Bertz CT molecular complexity index is 1170. The first kappa shape index (κ1) is 24.1. The van der Waals surface area contributed by atoms with E-state index in [0.29, 0.717) is 23.2 Å². The van der Waals surface area contributed by atoms with Crippen LogP contribution in [0.15, 0.2) is 30.5 Å². The number of nitrogens with two attached hydrogens (primary N) is 1. The van der Waals surface area contributed by atoms with Gasteiger partial charge in [-0.1, -0.05) is 18.3 Å². The standard InChI is InChI=1S/C27H33N7O2/c1-33-13-15-34(16-14-33)26(36)19-9-11-21(12-10-19)30-27-29-17-20(8-7-18-5-6-18)25(32-27)31-23-4-2-3-22(23)24(28)35/h9-12,17-18,22-23H,2-6,13-16H2,1H3,(H2,28,35)(H2,29,30,31,32). The lowest BCUT2D eigenvalue weighted by Crippen LogP contribution is -2.47. The highest BCUT2D eigenvalue weighted by molar-refractivity contribution is 5.94. The monoisotopic (exact) mass is 487 g/mol. The number of likely N-dealkylation sites (N-methyl/N-ethyl adjacent to an activating group) is 1. The SMILES string of the molecule is CN1CCN(C(=O)c2ccc(Nc3ncc(C#CC4CC4)c(NC4CCCC4C(N)=O)n3)cc2)CC1. The number of amides is 2. The number of primary amides is 1. The number of nitrogens with zero attached hydrogens (tertiary/aromatic N) is 4. The lowest BCUT2D eigenvalue weighted by Gasteiger charge is -2.32. The van der Waals surface area contributed by atoms with E-state index in [9.17, 15) is 9.59 Å². The third kappa shape index (κ3) is 5.77. The minimum Gasteiger partial charge on any atom is -0.369 e. The highest BCUT2D eigenvalue weighted by atomic mass is 16.2. The summed E-state index contributed by atoms with van der Waals surface area (Å²) < 4.78 is 0. The van der Waals surface area contributed by atoms with Crippen LogP contribution in [0, 0.1) is 23.7 Å². The second kappa shape index (κ2) is 10.5. The molecule has 1 aromatic heterocycles. The van der Waals surface area contributed by atoms with Gasteiger partial charge >= 0.3 is 0 Å². The van der Waals surface area contributed by atoms with Crippen molar-refractivity contribution in [3.05, 3.63) is 41.6 Å². The number of rotatable bonds is 6. The van der Waals surface area contributed by atoms with Crippen LogP contribution in [0.1, 0.15) is 48.0 Å². The van der Waals surface area contributed by atoms with E-state index in [2.05, 4.69) is 39.4 Å². The lowest BCUT2D eigenvalue weighted by molar-refractivity contribution is -0.121. The summed E-state index contributed by atoms with van der Waals surface area (Å²) in [6.45, 7) is 3.27. The summed E-state index contributed by atoms with van der Waals surface area (Å²) in [5, 5.41) is 6.65. The van der Waals surface area contributed by atoms with Crippen LogP contribution in [0.4, 0.5) is 17.5 Å². The van der Waals surface area contributed by atoms with Gasteiger partial charge < -0.3 is 26.2 Å². The van der Waals surface area contributed by atoms with Gasteiger partial charge in [0.2, 0.25) is 11.9 Å². The van der Waals surface area contributed by atoms with Crippen molar-refractivity contribution in [3.8, 4) is 11.8 Å². The highest BCUT2D eigenvalue weighted by Crippen LogP contribution is 2.30. The average molecular weight is 488 g/mol. The number of carbonyl (C=O) groups excluding carboxylic acids is 2. The fourth-order valence-corrected chi connectivity index (χ4v) is 4.72. The second-order valence-electron chi connectivity index (χ2n) is 9.99. The molecule has 2 aliphatic carbocycles. The summed E-state index contributed by atoms with van der Waals surface area (Å²) in [6, 6.07) is 7.31. The first-order valence-electron chi connectivity index (χ1n) is 12.8. The molecule has 9 nitrogen and oxygen atoms in total. The van der Waals surface area contributed by atoms with Gasteiger partial charge in [0.1, 0.15) is 5.82 Å². The molecule has 1 aliphatic heterocycles. The van der Waals surface area contributed by atoms with Gasteiger partial charge in [-0.2, -0.15) is 4.98 Å². The van der Waals surface area contributed by atoms with Gasteiger partial charge in [-0.25, -0.2) is 4.98 Å². The van der Waals surface area contributed by atoms with Gasteiger partial charge in [0, 0.05) is 49.4 Å². The van der Waals surface area contributed by atoms with Crippen molar-refractivity contribution in [3.63, 3.8) is 0 Å². The number of hydrogen-bond acceptors (Lipinski definition) is 7. The van der Waals surface area contributed by atoms with Crippen LogP contribution in [-0.2, 0) is 4.79 Å². The van der Waals surface area contributed by atoms with E-state index in [1.165, 1.54) is 0 Å². The van der Waals surface area contributed by atoms with Crippen molar-refractivity contribution in [2.24, 2.45) is 17.6 Å². The second-order valence-corrected chi connectivity index (χ2v) is 9.99. The summed E-state index contributed by atoms with van der Waals surface area (Å²) >= 11 is 0. The van der Waals surface area contributed by atoms with Crippen molar-refractivity contribution in [2.75, 3.05) is 43.9 Å². The molecule has 2 amide bonds. The quantitative estimate of drug-likeness (QED) is 0.536. The van der Waals surface area contributed by atoms with Gasteiger partial charge in [0.15, 0.2) is 0 Å². The molecular weight excluding hydrogens is 454 g/mol. The Kier molecular flexibility index (Phi) is 7.05. The Labute approximate surface area is 211 Å². The zero-order valence-electron chi connectivity index (χ0n) is 20.7. The Morgan fingerprint density at radius 2 is 1.81 bits per heavy atom. The summed E-state index contributed by atoms with van der Waals surface area (Å²) in [4.78, 5) is 38.0. The molecule has 2 heterocycles. The lowest BCUT2D eigenvalue weighted by atomic mass is 10.0. The third-order valence-corrected chi connectivity index (χ3v) is 7.16. The van der Waals surface area contributed by atoms with Crippen LogP contribution in [0.5, 0.6) is 0 Å². The van der Waals surface area contributed by atoms with E-state index in [1.54, 1.807) is 6.20 Å². The van der Waals surface area contributed by atoms with Crippen molar-refractivity contribution in [1.82, 2.24) is 19.8 Å². The van der Waals surface area contributed by atoms with E-state index in [0.717, 1.165) is 69.5 Å². The molecule has 1 saturated heterocycles. The maximum Gasteiger partial charge on any atom is 0.253 e. The molecule has 3 aliphatic rings. The van der Waals surface area contributed by atoms with Gasteiger partial charge in [-0.3, -0.25) is 9.59 Å². The minimum atomic E-state index is -0.283. The zero-order valence-corrected chi connectivity index (χ0v) is 20.7. The molecule has 3 fully saturated rings. The summed E-state index contributed by atoms with van der Waals surface area (Å²) in [7, 11) is 2.07. The molecule has 2 aromatic rings. The first-order chi connectivity index (χ1) is 17.5. The number of piperazine rings is 1. The number of benzene rings is 1. The predicted octanol–water partition coefficient (Wildman–Crippen LogP) is 2.44. The Morgan fingerprint density at radius 1 is 1.06 bits per heavy atom. The van der Waals surface area contributed by atoms with E-state index >= 15 is 0 Å². The molecule has 188 valence electrons. The largest absolute Gasteiger partial charge is 0.369 e. The average Bonchev–Trinajstić information content (AvgIpc) is 3.59. The van der Waals surface area contributed by atoms with E-state index < -0.39 is 0 Å². The molecular formula is C27H33N7O2. The summed E-state index contributed by atoms with van der Waals surface area (Å²) in [6.07, 6.45) is 6.58. The molecule has 2 saturated carbocycles. The van der Waals surface area contributed by atoms with Crippen LogP contribution in [0.25, 0.3) is 0 Å². The van der Waals surface area contributed by atoms with Gasteiger partial charge in [-0.15, -0.1) is 0 Å². The predicted molar refractivity (Wildman–Crippen MR) is 139 cm³/mol. The van der Waals surface area contributed by atoms with Crippen LogP contribution < -0.4 is 16.4 Å². The van der Waals surface area contributed by atoms with E-state index in [4.69, 9.17) is 10.7 Å². The number of aromatic nitrogens is 2. The molecule has 0 radical (unpaired) electrons. The van der Waals surface area contributed by atoms with Gasteiger partial charge in [0.25, 0.3) is 5.91 Å². The van der Waals surface area contributed by atoms with E-state index in [-0.39, 0.29) is 23.8 Å². The summed E-state index contributed by atoms with van der Waals surface area (Å²) in [5.74, 6) is 7.51. The smallest absolute Gasteiger partial charge is 0.253 e. The molecule has 0 spiro atoms. The topological polar surface area (TPSA) is 116 Å². The number of carbonyl (C=O) groups is 2. The van der Waals surface area contributed by atoms with Crippen LogP contribution in [0.2, 0.25) is 0 Å². The fourth-order valence-electron chi connectivity index (χ4n) is 4.72. The maximum atomic E-state index is 12.8. The van der Waals surface area contributed by atoms with E-state index in [1.807, 2.05) is 29.2 Å². The van der Waals surface area contributed by atoms with Crippen molar-refractivity contribution >= 4 is 29.3 Å². The van der Waals surface area contributed by atoms with Crippen molar-refractivity contribution in [1.29, 1.82) is 0 Å². The zero-order chi connectivity index (χ0) is 25.1. The normalized spacial score (nSPS) is 22.0. The summed E-state index contributed by atoms with van der Waals surface area (Å²) in [5.41, 5.74) is 7.79. The highest BCUT2D eigenvalue weighted by Gasteiger charge is 2.32. The van der Waals surface area contributed by atoms with Crippen LogP contribution in [-0.4, -0.2) is 70.9 Å². The molecule has 36 heavy (non-hydrogen) atoms. The van der Waals surface area contributed by atoms with Crippen molar-refractivity contribution in [2.45, 2.75) is 38.1 Å². The Balaban J connectivity index is 1.30. The Hall–Kier alpha value is -3.64. The van der Waals surface area contributed by atoms with Gasteiger partial charge in [0.05, 0.1) is 17.7 Å². The molecule has 5 rings (SSSR count). The van der Waals surface area contributed by atoms with Crippen molar-refractivity contribution < 1.29 is 9.59 Å². The molecule has 2 unspecified atom stereocenters. The minimum absolute atomic E-state index is 0.0524. The molecule has 9 heteroatoms. The van der Waals surface area contributed by atoms with Crippen LogP contribution in [0.3, 0.4) is 0 Å². The van der Waals surface area contributed by atoms with Crippen LogP contribution >= 0.6 is 0 Å². The van der Waals surface area contributed by atoms with Gasteiger partial charge in [-0.05, 0) is 57.0 Å². The molecule has 0 bridgehead atoms. The molecule has 4 N–H and O–H groups in total. The first-order valence-corrected chi connectivity index (χ1v) is 12.8. The molecule has 2 atom stereocenters. The molecule has 1 aromatic carbocycles. The maximum absolute atomic E-state index is 12.8. The number of nitrogens with one attached hydrogen (secondary N) is 2. The third-order valence-electron chi connectivity index (χ3n) is 7.16. The number of hydrogen-bond donors (Lipinski definition) is 3.